The van der Waals surface area contributed by atoms with E-state index in [-0.39, 0.29) is 24.1 Å². The Morgan fingerprint density at radius 1 is 0.650 bits per heavy atom. The van der Waals surface area contributed by atoms with E-state index in [2.05, 4.69) is 52.5 Å². The Labute approximate surface area is 348 Å². The number of aromatic nitrogens is 4. The zero-order valence-electron chi connectivity index (χ0n) is 35.0. The number of carboxylic acids is 3. The molecule has 1 aromatic heterocycles. The highest BCUT2D eigenvalue weighted by Gasteiger charge is 2.36. The van der Waals surface area contributed by atoms with Crippen molar-refractivity contribution in [2.45, 2.75) is 161 Å². The first-order valence-corrected chi connectivity index (χ1v) is 20.5. The number of nitrogens with one attached hydrogen (secondary N) is 7. The molecule has 10 N–H and O–H groups in total. The number of tetrazole rings is 1. The fourth-order valence-electron chi connectivity index (χ4n) is 6.80. The van der Waals surface area contributed by atoms with Gasteiger partial charge >= 0.3 is 17.9 Å². The first-order chi connectivity index (χ1) is 28.3. The highest BCUT2D eigenvalue weighted by molar-refractivity contribution is 5.97. The highest BCUT2D eigenvalue weighted by atomic mass is 16.4. The average molecular weight is 851 g/mol. The Morgan fingerprint density at radius 3 is 1.78 bits per heavy atom. The van der Waals surface area contributed by atoms with E-state index in [0.717, 1.165) is 32.1 Å². The van der Waals surface area contributed by atoms with Crippen molar-refractivity contribution in [1.82, 2.24) is 52.5 Å². The summed E-state index contributed by atoms with van der Waals surface area (Å²) in [5.41, 5.74) is 0. The molecule has 2 rings (SSSR count). The van der Waals surface area contributed by atoms with Gasteiger partial charge in [-0.2, -0.15) is 5.21 Å². The van der Waals surface area contributed by atoms with Crippen LogP contribution in [-0.4, -0.2) is 120 Å². The van der Waals surface area contributed by atoms with Crippen LogP contribution in [0.1, 0.15) is 136 Å². The molecule has 0 bridgehead atoms. The zero-order valence-corrected chi connectivity index (χ0v) is 35.0. The van der Waals surface area contributed by atoms with Crippen LogP contribution in [0.2, 0.25) is 0 Å². The lowest BCUT2D eigenvalue weighted by atomic mass is 9.84. The number of nitrogens with zero attached hydrogens (tertiary/aromatic N) is 3. The lowest BCUT2D eigenvalue weighted by molar-refractivity contribution is -0.142. The summed E-state index contributed by atoms with van der Waals surface area (Å²) in [5.74, 6) is -9.34. The third-order valence-electron chi connectivity index (χ3n) is 10.3. The molecule has 1 aliphatic rings. The fourth-order valence-corrected chi connectivity index (χ4v) is 6.80. The third kappa shape index (κ3) is 18.1. The molecule has 0 saturated heterocycles. The average Bonchev–Trinajstić information content (AvgIpc) is 3.73. The number of H-pyrrole nitrogens is 1. The molecular formula is C38H62N10O12. The molecule has 1 fully saturated rings. The summed E-state index contributed by atoms with van der Waals surface area (Å²) in [6.45, 7) is 8.93. The molecule has 1 aliphatic carbocycles. The van der Waals surface area contributed by atoms with Gasteiger partial charge in [0.25, 0.3) is 0 Å². The van der Waals surface area contributed by atoms with Crippen LogP contribution in [0.25, 0.3) is 0 Å². The molecule has 0 spiro atoms. The van der Waals surface area contributed by atoms with Gasteiger partial charge in [0.15, 0.2) is 5.82 Å². The molecule has 0 unspecified atom stereocenters. The maximum atomic E-state index is 14.1. The number of hydrogen-bond donors (Lipinski definition) is 10. The second-order valence-electron chi connectivity index (χ2n) is 15.7. The summed E-state index contributed by atoms with van der Waals surface area (Å²) >= 11 is 0. The lowest BCUT2D eigenvalue weighted by Gasteiger charge is -2.31. The standard InChI is InChI=1S/C38H62N10O12/c1-6-21(5)32(38(60)43-26(18-22-11-9-8-10-12-22)35(57)40-23(7-2)33-45-47-48-46-33)44-37(59)25(17-20(3)4)42-34(56)24(13-15-29(50)51)41-36(58)27(19-31(54)55)39-28(49)14-16-30(52)53/h20-27,32H,6-19H2,1-5H3,(H,39,49)(H,40,57)(H,41,58)(H,42,56)(H,43,60)(H,44,59)(H,50,51)(H,52,53)(H,54,55)(H,45,46,47,48)/t21-,23-,24+,25-,26-,27-,32-/m0/s1. The molecular weight excluding hydrogens is 788 g/mol. The second-order valence-corrected chi connectivity index (χ2v) is 15.7. The number of hydrogen-bond acceptors (Lipinski definition) is 12. The normalized spacial score (nSPS) is 16.4. The van der Waals surface area contributed by atoms with Crippen molar-refractivity contribution in [3.05, 3.63) is 5.82 Å². The number of carboxylic acid groups (broad SMARTS) is 3. The smallest absolute Gasteiger partial charge is 0.305 e. The van der Waals surface area contributed by atoms with Crippen molar-refractivity contribution in [2.24, 2.45) is 17.8 Å². The minimum absolute atomic E-state index is 0.0362. The number of rotatable bonds is 27. The molecule has 0 radical (unpaired) electrons. The fraction of sp³-hybridized carbons (Fsp3) is 0.737. The van der Waals surface area contributed by atoms with Crippen LogP contribution in [-0.2, 0) is 43.2 Å². The first kappa shape index (κ1) is 50.4. The van der Waals surface area contributed by atoms with Crippen LogP contribution < -0.4 is 31.9 Å². The van der Waals surface area contributed by atoms with Crippen LogP contribution in [0, 0.1) is 17.8 Å². The second kappa shape index (κ2) is 25.7. The summed E-state index contributed by atoms with van der Waals surface area (Å²) in [4.78, 5) is 115. The number of aromatic amines is 1. The van der Waals surface area contributed by atoms with Gasteiger partial charge in [-0.15, -0.1) is 10.2 Å². The van der Waals surface area contributed by atoms with E-state index in [1.165, 1.54) is 0 Å². The minimum Gasteiger partial charge on any atom is -0.481 e. The molecule has 22 nitrogen and oxygen atoms in total. The van der Waals surface area contributed by atoms with Crippen LogP contribution in [0.3, 0.4) is 0 Å². The van der Waals surface area contributed by atoms with E-state index in [1.54, 1.807) is 20.8 Å². The van der Waals surface area contributed by atoms with E-state index in [1.807, 2.05) is 13.8 Å². The van der Waals surface area contributed by atoms with Gasteiger partial charge < -0.3 is 47.2 Å². The molecule has 1 saturated carbocycles. The zero-order chi connectivity index (χ0) is 44.9. The van der Waals surface area contributed by atoms with Crippen LogP contribution >= 0.6 is 0 Å². The van der Waals surface area contributed by atoms with Gasteiger partial charge in [-0.1, -0.05) is 78.4 Å². The topological polar surface area (TPSA) is 341 Å². The van der Waals surface area contributed by atoms with Crippen molar-refractivity contribution in [1.29, 1.82) is 0 Å². The third-order valence-corrected chi connectivity index (χ3v) is 10.3. The molecule has 22 heteroatoms. The van der Waals surface area contributed by atoms with Crippen LogP contribution in [0.15, 0.2) is 0 Å². The van der Waals surface area contributed by atoms with E-state index < -0.39 is 128 Å². The van der Waals surface area contributed by atoms with Gasteiger partial charge in [-0.05, 0) is 43.4 Å². The Hall–Kier alpha value is -5.70. The first-order valence-electron chi connectivity index (χ1n) is 20.5. The number of carbonyl (C=O) groups is 9. The Balaban J connectivity index is 2.34. The van der Waals surface area contributed by atoms with E-state index in [9.17, 15) is 53.4 Å². The van der Waals surface area contributed by atoms with Crippen molar-refractivity contribution in [2.75, 3.05) is 0 Å². The van der Waals surface area contributed by atoms with Gasteiger partial charge in [0, 0.05) is 12.8 Å². The van der Waals surface area contributed by atoms with Crippen LogP contribution in [0.5, 0.6) is 0 Å². The summed E-state index contributed by atoms with van der Waals surface area (Å²) < 4.78 is 0. The van der Waals surface area contributed by atoms with Gasteiger partial charge in [0.05, 0.1) is 18.9 Å². The van der Waals surface area contributed by atoms with Gasteiger partial charge in [-0.3, -0.25) is 43.2 Å². The van der Waals surface area contributed by atoms with Crippen molar-refractivity contribution in [3.8, 4) is 0 Å². The summed E-state index contributed by atoms with van der Waals surface area (Å²) in [5, 5.41) is 57.0. The molecule has 1 aromatic rings. The molecule has 0 aliphatic heterocycles. The van der Waals surface area contributed by atoms with Crippen LogP contribution in [0.4, 0.5) is 0 Å². The number of carbonyl (C=O) groups excluding carboxylic acids is 6. The van der Waals surface area contributed by atoms with Crippen molar-refractivity contribution < 1.29 is 58.5 Å². The monoisotopic (exact) mass is 850 g/mol. The predicted molar refractivity (Wildman–Crippen MR) is 211 cm³/mol. The molecule has 336 valence electrons. The van der Waals surface area contributed by atoms with Crippen molar-refractivity contribution in [3.63, 3.8) is 0 Å². The van der Waals surface area contributed by atoms with Gasteiger partial charge in [0.2, 0.25) is 35.4 Å². The molecule has 60 heavy (non-hydrogen) atoms. The van der Waals surface area contributed by atoms with E-state index in [4.69, 9.17) is 5.11 Å². The number of aliphatic carboxylic acids is 3. The summed E-state index contributed by atoms with van der Waals surface area (Å²) in [7, 11) is 0. The molecule has 1 heterocycles. The summed E-state index contributed by atoms with van der Waals surface area (Å²) in [6.07, 6.45) is 2.87. The van der Waals surface area contributed by atoms with Crippen molar-refractivity contribution >= 4 is 53.4 Å². The highest BCUT2D eigenvalue weighted by Crippen LogP contribution is 2.28. The van der Waals surface area contributed by atoms with Gasteiger partial charge in [0.1, 0.15) is 30.2 Å². The maximum absolute atomic E-state index is 14.1. The molecule has 6 amide bonds. The largest absolute Gasteiger partial charge is 0.481 e. The predicted octanol–water partition coefficient (Wildman–Crippen LogP) is 0.458. The molecule has 0 aromatic carbocycles. The number of amides is 6. The Kier molecular flexibility index (Phi) is 21.6. The summed E-state index contributed by atoms with van der Waals surface area (Å²) in [6, 6.07) is -7.42. The quantitative estimate of drug-likeness (QED) is 0.0575. The molecule has 7 atom stereocenters. The van der Waals surface area contributed by atoms with Gasteiger partial charge in [-0.25, -0.2) is 0 Å². The lowest BCUT2D eigenvalue weighted by Crippen LogP contribution is -2.60. The minimum atomic E-state index is -1.76. The SMILES string of the molecule is CC[C@H](NC(=O)[C@H](CC1CCCCC1)NC(=O)[C@@H](NC(=O)[C@H](CC(C)C)NC(=O)[C@@H](CCC(=O)O)NC(=O)[C@H](CC(=O)O)NC(=O)CCC(=O)O)[C@@H](C)CC)c1nn[nH]n1. The maximum Gasteiger partial charge on any atom is 0.305 e. The van der Waals surface area contributed by atoms with E-state index >= 15 is 0 Å². The Morgan fingerprint density at radius 2 is 1.23 bits per heavy atom. The Bertz CT molecular complexity index is 1620. The van der Waals surface area contributed by atoms with E-state index in [0.29, 0.717) is 19.3 Å².